The van der Waals surface area contributed by atoms with Gasteiger partial charge >= 0.3 is 0 Å². The standard InChI is InChI=1S/C22H27ClN4O2/c1-22(16-28)15-26(21(29)17-5-7-18(23)8-6-17)14-20-13-25(10-11-27(20)22)12-19-4-2-3-9-24-19/h2-9,20,28H,10-16H2,1H3/t20-,22-/m0/s1. The largest absolute Gasteiger partial charge is 0.394 e. The zero-order chi connectivity index (χ0) is 20.4. The van der Waals surface area contributed by atoms with Gasteiger partial charge in [-0.05, 0) is 43.3 Å². The average Bonchev–Trinajstić information content (AvgIpc) is 2.74. The van der Waals surface area contributed by atoms with Crippen molar-refractivity contribution in [1.82, 2.24) is 19.7 Å². The van der Waals surface area contributed by atoms with E-state index in [0.29, 0.717) is 23.7 Å². The van der Waals surface area contributed by atoms with Crippen LogP contribution in [0.2, 0.25) is 5.02 Å². The molecule has 0 saturated carbocycles. The van der Waals surface area contributed by atoms with E-state index in [4.69, 9.17) is 11.6 Å². The molecule has 0 radical (unpaired) electrons. The molecule has 0 aliphatic carbocycles. The summed E-state index contributed by atoms with van der Waals surface area (Å²) in [5.74, 6) is -0.0113. The minimum Gasteiger partial charge on any atom is -0.394 e. The van der Waals surface area contributed by atoms with Gasteiger partial charge in [-0.1, -0.05) is 17.7 Å². The maximum absolute atomic E-state index is 13.1. The molecule has 1 amide bonds. The Kier molecular flexibility index (Phi) is 5.88. The Morgan fingerprint density at radius 3 is 2.69 bits per heavy atom. The highest BCUT2D eigenvalue weighted by atomic mass is 35.5. The van der Waals surface area contributed by atoms with Gasteiger partial charge in [0.05, 0.1) is 17.8 Å². The maximum atomic E-state index is 13.1. The van der Waals surface area contributed by atoms with E-state index >= 15 is 0 Å². The number of amides is 1. The van der Waals surface area contributed by atoms with Gasteiger partial charge in [0.2, 0.25) is 0 Å². The number of fused-ring (bicyclic) bond motifs is 1. The highest BCUT2D eigenvalue weighted by Crippen LogP contribution is 2.29. The van der Waals surface area contributed by atoms with Crippen LogP contribution in [0.3, 0.4) is 0 Å². The minimum atomic E-state index is -0.442. The minimum absolute atomic E-state index is 0.0113. The van der Waals surface area contributed by atoms with Crippen LogP contribution in [0.5, 0.6) is 0 Å². The normalized spacial score (nSPS) is 25.6. The van der Waals surface area contributed by atoms with Crippen LogP contribution < -0.4 is 0 Å². The lowest BCUT2D eigenvalue weighted by Crippen LogP contribution is -2.72. The third kappa shape index (κ3) is 4.31. The van der Waals surface area contributed by atoms with Crippen LogP contribution in [0, 0.1) is 0 Å². The van der Waals surface area contributed by atoms with E-state index in [9.17, 15) is 9.90 Å². The van der Waals surface area contributed by atoms with Crippen molar-refractivity contribution in [3.05, 3.63) is 64.9 Å². The SMILES string of the molecule is C[C@@]1(CO)CN(C(=O)c2ccc(Cl)cc2)C[C@@H]2CN(Cc3ccccn3)CCN21. The van der Waals surface area contributed by atoms with Crippen molar-refractivity contribution in [2.75, 3.05) is 39.3 Å². The summed E-state index contributed by atoms with van der Waals surface area (Å²) >= 11 is 5.97. The lowest BCUT2D eigenvalue weighted by molar-refractivity contribution is -0.0847. The van der Waals surface area contributed by atoms with E-state index in [1.807, 2.05) is 29.3 Å². The van der Waals surface area contributed by atoms with E-state index in [1.165, 1.54) is 0 Å². The predicted molar refractivity (Wildman–Crippen MR) is 113 cm³/mol. The predicted octanol–water partition coefficient (Wildman–Crippen LogP) is 2.13. The Labute approximate surface area is 176 Å². The molecular weight excluding hydrogens is 388 g/mol. The topological polar surface area (TPSA) is 59.9 Å². The number of aromatic nitrogens is 1. The lowest BCUT2D eigenvalue weighted by atomic mass is 9.91. The van der Waals surface area contributed by atoms with Crippen molar-refractivity contribution in [1.29, 1.82) is 0 Å². The molecule has 4 rings (SSSR count). The van der Waals surface area contributed by atoms with Gasteiger partial charge in [0.25, 0.3) is 5.91 Å². The monoisotopic (exact) mass is 414 g/mol. The quantitative estimate of drug-likeness (QED) is 0.830. The summed E-state index contributed by atoms with van der Waals surface area (Å²) in [5.41, 5.74) is 1.24. The van der Waals surface area contributed by atoms with Crippen molar-refractivity contribution < 1.29 is 9.90 Å². The lowest BCUT2D eigenvalue weighted by Gasteiger charge is -2.56. The highest BCUT2D eigenvalue weighted by molar-refractivity contribution is 6.30. The van der Waals surface area contributed by atoms with Crippen LogP contribution in [0.1, 0.15) is 23.0 Å². The third-order valence-corrected chi connectivity index (χ3v) is 6.31. The molecule has 1 N–H and O–H groups in total. The molecule has 2 aliphatic rings. The molecular formula is C22H27ClN4O2. The number of benzene rings is 1. The molecule has 6 nitrogen and oxygen atoms in total. The molecule has 0 bridgehead atoms. The fraction of sp³-hybridized carbons (Fsp3) is 0.455. The van der Waals surface area contributed by atoms with Crippen molar-refractivity contribution in [3.63, 3.8) is 0 Å². The van der Waals surface area contributed by atoms with Gasteiger partial charge in [-0.3, -0.25) is 19.6 Å². The molecule has 2 fully saturated rings. The number of aliphatic hydroxyl groups excluding tert-OH is 1. The number of aliphatic hydroxyl groups is 1. The van der Waals surface area contributed by atoms with Crippen LogP contribution in [0.15, 0.2) is 48.7 Å². The zero-order valence-corrected chi connectivity index (χ0v) is 17.4. The molecule has 7 heteroatoms. The van der Waals surface area contributed by atoms with E-state index in [2.05, 4.69) is 21.7 Å². The summed E-state index contributed by atoms with van der Waals surface area (Å²) in [7, 11) is 0. The first kappa shape index (κ1) is 20.3. The summed E-state index contributed by atoms with van der Waals surface area (Å²) in [6.07, 6.45) is 1.82. The summed E-state index contributed by atoms with van der Waals surface area (Å²) in [6.45, 7) is 6.68. The maximum Gasteiger partial charge on any atom is 0.253 e. The smallest absolute Gasteiger partial charge is 0.253 e. The fourth-order valence-electron chi connectivity index (χ4n) is 4.54. The second-order valence-corrected chi connectivity index (χ2v) is 8.69. The first-order valence-electron chi connectivity index (χ1n) is 10.0. The van der Waals surface area contributed by atoms with E-state index in [1.54, 1.807) is 24.3 Å². The van der Waals surface area contributed by atoms with E-state index in [0.717, 1.165) is 31.9 Å². The van der Waals surface area contributed by atoms with Gasteiger partial charge in [-0.2, -0.15) is 0 Å². The van der Waals surface area contributed by atoms with E-state index in [-0.39, 0.29) is 18.6 Å². The number of hydrogen-bond acceptors (Lipinski definition) is 5. The number of rotatable bonds is 4. The summed E-state index contributed by atoms with van der Waals surface area (Å²) in [6, 6.07) is 13.2. The number of carbonyl (C=O) groups excluding carboxylic acids is 1. The molecule has 2 aliphatic heterocycles. The average molecular weight is 415 g/mol. The third-order valence-electron chi connectivity index (χ3n) is 6.05. The van der Waals surface area contributed by atoms with Crippen LogP contribution >= 0.6 is 11.6 Å². The van der Waals surface area contributed by atoms with Gasteiger partial charge in [0, 0.05) is 62.1 Å². The van der Waals surface area contributed by atoms with Gasteiger partial charge in [-0.15, -0.1) is 0 Å². The summed E-state index contributed by atoms with van der Waals surface area (Å²) < 4.78 is 0. The first-order chi connectivity index (χ1) is 14.0. The molecule has 2 saturated heterocycles. The van der Waals surface area contributed by atoms with Gasteiger partial charge < -0.3 is 10.0 Å². The Bertz CT molecular complexity index is 848. The second-order valence-electron chi connectivity index (χ2n) is 8.25. The molecule has 3 heterocycles. The Balaban J connectivity index is 1.51. The van der Waals surface area contributed by atoms with Crippen LogP contribution in [0.4, 0.5) is 0 Å². The Morgan fingerprint density at radius 2 is 2.00 bits per heavy atom. The highest BCUT2D eigenvalue weighted by Gasteiger charge is 2.46. The van der Waals surface area contributed by atoms with Gasteiger partial charge in [0.15, 0.2) is 0 Å². The van der Waals surface area contributed by atoms with Crippen LogP contribution in [-0.2, 0) is 6.54 Å². The molecule has 29 heavy (non-hydrogen) atoms. The molecule has 0 spiro atoms. The summed E-state index contributed by atoms with van der Waals surface area (Å²) in [4.78, 5) is 24.2. The van der Waals surface area contributed by atoms with Crippen molar-refractivity contribution in [2.24, 2.45) is 0 Å². The first-order valence-corrected chi connectivity index (χ1v) is 10.4. The van der Waals surface area contributed by atoms with Crippen LogP contribution in [-0.4, -0.2) is 81.6 Å². The number of nitrogens with zero attached hydrogens (tertiary/aromatic N) is 4. The van der Waals surface area contributed by atoms with Crippen LogP contribution in [0.25, 0.3) is 0 Å². The summed E-state index contributed by atoms with van der Waals surface area (Å²) in [5, 5.41) is 10.8. The van der Waals surface area contributed by atoms with Gasteiger partial charge in [0.1, 0.15) is 0 Å². The Morgan fingerprint density at radius 1 is 1.21 bits per heavy atom. The van der Waals surface area contributed by atoms with Gasteiger partial charge in [-0.25, -0.2) is 0 Å². The number of pyridine rings is 1. The second kappa shape index (κ2) is 8.40. The molecule has 0 unspecified atom stereocenters. The molecule has 154 valence electrons. The Hall–Kier alpha value is -1.99. The van der Waals surface area contributed by atoms with E-state index < -0.39 is 5.54 Å². The number of halogens is 1. The number of piperazine rings is 2. The fourth-order valence-corrected chi connectivity index (χ4v) is 4.67. The zero-order valence-electron chi connectivity index (χ0n) is 16.7. The molecule has 1 aromatic heterocycles. The van der Waals surface area contributed by atoms with Crippen molar-refractivity contribution >= 4 is 17.5 Å². The molecule has 1 aromatic carbocycles. The van der Waals surface area contributed by atoms with Crippen molar-refractivity contribution in [2.45, 2.75) is 25.0 Å². The number of hydrogen-bond donors (Lipinski definition) is 1. The number of carbonyl (C=O) groups is 1. The molecule has 2 atom stereocenters. The molecule has 2 aromatic rings. The van der Waals surface area contributed by atoms with Crippen molar-refractivity contribution in [3.8, 4) is 0 Å².